The fourth-order valence-electron chi connectivity index (χ4n) is 1.37. The van der Waals surface area contributed by atoms with Crippen molar-refractivity contribution in [3.05, 3.63) is 23.8 Å². The number of nitrogens with two attached hydrogens (primary N) is 1. The first-order chi connectivity index (χ1) is 7.22. The van der Waals surface area contributed by atoms with E-state index in [4.69, 9.17) is 15.2 Å². The fourth-order valence-corrected chi connectivity index (χ4v) is 1.37. The second kappa shape index (κ2) is 5.56. The molecular formula is C11H16FNO2. The van der Waals surface area contributed by atoms with Gasteiger partial charge in [-0.25, -0.2) is 0 Å². The highest BCUT2D eigenvalue weighted by molar-refractivity contribution is 5.43. The van der Waals surface area contributed by atoms with E-state index in [1.807, 2.05) is 6.07 Å². The maximum Gasteiger partial charge on any atom is 0.161 e. The molecule has 0 bridgehead atoms. The summed E-state index contributed by atoms with van der Waals surface area (Å²) in [4.78, 5) is 0. The first-order valence-electron chi connectivity index (χ1n) is 4.76. The molecule has 0 aliphatic carbocycles. The Labute approximate surface area is 89.0 Å². The molecule has 0 heterocycles. The van der Waals surface area contributed by atoms with Crippen molar-refractivity contribution in [1.82, 2.24) is 0 Å². The average Bonchev–Trinajstić information content (AvgIpc) is 2.28. The van der Waals surface area contributed by atoms with Gasteiger partial charge < -0.3 is 15.2 Å². The Morgan fingerprint density at radius 3 is 2.47 bits per heavy atom. The molecule has 1 aromatic carbocycles. The van der Waals surface area contributed by atoms with E-state index in [2.05, 4.69) is 0 Å². The number of rotatable bonds is 5. The molecule has 4 heteroatoms. The first kappa shape index (κ1) is 11.8. The summed E-state index contributed by atoms with van der Waals surface area (Å²) in [6, 6.07) is 5.07. The van der Waals surface area contributed by atoms with Crippen LogP contribution >= 0.6 is 0 Å². The van der Waals surface area contributed by atoms with Crippen molar-refractivity contribution in [2.45, 2.75) is 12.5 Å². The molecule has 1 rings (SSSR count). The third-order valence-electron chi connectivity index (χ3n) is 2.26. The lowest BCUT2D eigenvalue weighted by Gasteiger charge is -2.13. The Kier molecular flexibility index (Phi) is 4.37. The second-order valence-corrected chi connectivity index (χ2v) is 3.20. The van der Waals surface area contributed by atoms with E-state index in [9.17, 15) is 4.39 Å². The molecule has 1 atom stereocenters. The van der Waals surface area contributed by atoms with Gasteiger partial charge >= 0.3 is 0 Å². The van der Waals surface area contributed by atoms with Crippen molar-refractivity contribution in [2.24, 2.45) is 5.73 Å². The van der Waals surface area contributed by atoms with Crippen LogP contribution in [-0.4, -0.2) is 20.9 Å². The van der Waals surface area contributed by atoms with Crippen LogP contribution in [0.15, 0.2) is 18.2 Å². The Morgan fingerprint density at radius 2 is 1.93 bits per heavy atom. The molecule has 1 aromatic rings. The zero-order valence-corrected chi connectivity index (χ0v) is 9.00. The molecule has 3 nitrogen and oxygen atoms in total. The van der Waals surface area contributed by atoms with Crippen molar-refractivity contribution >= 4 is 0 Å². The monoisotopic (exact) mass is 213 g/mol. The normalized spacial score (nSPS) is 12.3. The lowest BCUT2D eigenvalue weighted by atomic mass is 10.0. The molecule has 0 radical (unpaired) electrons. The third kappa shape index (κ3) is 2.83. The average molecular weight is 213 g/mol. The summed E-state index contributed by atoms with van der Waals surface area (Å²) in [6.07, 6.45) is 0.315. The predicted octanol–water partition coefficient (Wildman–Crippen LogP) is 2.06. The summed E-state index contributed by atoms with van der Waals surface area (Å²) in [6.45, 7) is -0.421. The van der Waals surface area contributed by atoms with Crippen LogP contribution in [0.5, 0.6) is 11.5 Å². The van der Waals surface area contributed by atoms with Crippen molar-refractivity contribution < 1.29 is 13.9 Å². The predicted molar refractivity (Wildman–Crippen MR) is 57.1 cm³/mol. The quantitative estimate of drug-likeness (QED) is 0.814. The van der Waals surface area contributed by atoms with Crippen LogP contribution in [-0.2, 0) is 0 Å². The maximum absolute atomic E-state index is 12.1. The van der Waals surface area contributed by atoms with Gasteiger partial charge in [-0.3, -0.25) is 4.39 Å². The van der Waals surface area contributed by atoms with Gasteiger partial charge in [0.15, 0.2) is 11.5 Å². The maximum atomic E-state index is 12.1. The highest BCUT2D eigenvalue weighted by Gasteiger charge is 2.09. The number of benzene rings is 1. The Balaban J connectivity index is 2.92. The highest BCUT2D eigenvalue weighted by Crippen LogP contribution is 2.30. The minimum atomic E-state index is -0.421. The standard InChI is InChI=1S/C11H16FNO2/c1-14-10-4-3-8(7-11(10)15-2)9(13)5-6-12/h3-4,7,9H,5-6,13H2,1-2H3/t9-/m0/s1. The van der Waals surface area contributed by atoms with Gasteiger partial charge in [-0.1, -0.05) is 6.07 Å². The zero-order valence-electron chi connectivity index (χ0n) is 9.00. The number of hydrogen-bond donors (Lipinski definition) is 1. The lowest BCUT2D eigenvalue weighted by molar-refractivity contribution is 0.353. The summed E-state index contributed by atoms with van der Waals surface area (Å²) >= 11 is 0. The molecule has 15 heavy (non-hydrogen) atoms. The molecule has 2 N–H and O–H groups in total. The largest absolute Gasteiger partial charge is 0.493 e. The number of methoxy groups -OCH3 is 2. The van der Waals surface area contributed by atoms with Crippen molar-refractivity contribution in [2.75, 3.05) is 20.9 Å². The van der Waals surface area contributed by atoms with Gasteiger partial charge in [-0.15, -0.1) is 0 Å². The number of hydrogen-bond acceptors (Lipinski definition) is 3. The van der Waals surface area contributed by atoms with Gasteiger partial charge in [0.05, 0.1) is 20.9 Å². The molecule has 0 saturated carbocycles. The molecule has 0 spiro atoms. The smallest absolute Gasteiger partial charge is 0.161 e. The van der Waals surface area contributed by atoms with E-state index in [-0.39, 0.29) is 6.04 Å². The summed E-state index contributed by atoms with van der Waals surface area (Å²) in [5.74, 6) is 1.26. The van der Waals surface area contributed by atoms with Crippen LogP contribution < -0.4 is 15.2 Å². The van der Waals surface area contributed by atoms with Gasteiger partial charge in [-0.05, 0) is 24.1 Å². The van der Waals surface area contributed by atoms with Crippen LogP contribution in [0.1, 0.15) is 18.0 Å². The molecule has 0 amide bonds. The molecule has 0 aliphatic heterocycles. The molecule has 0 aromatic heterocycles. The van der Waals surface area contributed by atoms with Crippen LogP contribution in [0.3, 0.4) is 0 Å². The van der Waals surface area contributed by atoms with E-state index in [0.29, 0.717) is 17.9 Å². The van der Waals surface area contributed by atoms with Gasteiger partial charge in [-0.2, -0.15) is 0 Å². The molecule has 0 fully saturated rings. The molecule has 84 valence electrons. The van der Waals surface area contributed by atoms with Gasteiger partial charge in [0.2, 0.25) is 0 Å². The van der Waals surface area contributed by atoms with Crippen molar-refractivity contribution in [3.8, 4) is 11.5 Å². The minimum absolute atomic E-state index is 0.296. The molecule has 0 saturated heterocycles. The summed E-state index contributed by atoms with van der Waals surface area (Å²) in [5, 5.41) is 0. The van der Waals surface area contributed by atoms with Gasteiger partial charge in [0.25, 0.3) is 0 Å². The molecular weight excluding hydrogens is 197 g/mol. The van der Waals surface area contributed by atoms with E-state index in [1.54, 1.807) is 26.4 Å². The molecule has 0 aliphatic rings. The van der Waals surface area contributed by atoms with Crippen LogP contribution in [0.4, 0.5) is 4.39 Å². The Morgan fingerprint density at radius 1 is 1.27 bits per heavy atom. The highest BCUT2D eigenvalue weighted by atomic mass is 19.1. The van der Waals surface area contributed by atoms with E-state index in [0.717, 1.165) is 5.56 Å². The summed E-state index contributed by atoms with van der Waals surface area (Å²) < 4.78 is 22.3. The van der Waals surface area contributed by atoms with Crippen LogP contribution in [0.25, 0.3) is 0 Å². The second-order valence-electron chi connectivity index (χ2n) is 3.20. The van der Waals surface area contributed by atoms with Crippen LogP contribution in [0, 0.1) is 0 Å². The van der Waals surface area contributed by atoms with Gasteiger partial charge in [0, 0.05) is 6.04 Å². The van der Waals surface area contributed by atoms with E-state index < -0.39 is 6.67 Å². The van der Waals surface area contributed by atoms with Crippen LogP contribution in [0.2, 0.25) is 0 Å². The lowest BCUT2D eigenvalue weighted by Crippen LogP contribution is -2.11. The number of alkyl halides is 1. The Hall–Kier alpha value is -1.29. The SMILES string of the molecule is COc1ccc([C@@H](N)CCF)cc1OC. The zero-order chi connectivity index (χ0) is 11.3. The van der Waals surface area contributed by atoms with Gasteiger partial charge in [0.1, 0.15) is 0 Å². The minimum Gasteiger partial charge on any atom is -0.493 e. The van der Waals surface area contributed by atoms with E-state index in [1.165, 1.54) is 0 Å². The molecule has 0 unspecified atom stereocenters. The van der Waals surface area contributed by atoms with E-state index >= 15 is 0 Å². The fraction of sp³-hybridized carbons (Fsp3) is 0.455. The number of halogens is 1. The summed E-state index contributed by atoms with van der Waals surface area (Å²) in [7, 11) is 3.13. The summed E-state index contributed by atoms with van der Waals surface area (Å²) in [5.41, 5.74) is 6.64. The number of ether oxygens (including phenoxy) is 2. The first-order valence-corrected chi connectivity index (χ1v) is 4.76. The van der Waals surface area contributed by atoms with Crippen molar-refractivity contribution in [3.63, 3.8) is 0 Å². The topological polar surface area (TPSA) is 44.5 Å². The van der Waals surface area contributed by atoms with Crippen molar-refractivity contribution in [1.29, 1.82) is 0 Å². The Bertz CT molecular complexity index is 317. The third-order valence-corrected chi connectivity index (χ3v) is 2.26.